The van der Waals surface area contributed by atoms with Crippen LogP contribution in [0.15, 0.2) is 70.9 Å². The lowest BCUT2D eigenvalue weighted by Crippen LogP contribution is -1.84. The summed E-state index contributed by atoms with van der Waals surface area (Å²) in [6.07, 6.45) is 0. The van der Waals surface area contributed by atoms with Crippen molar-refractivity contribution in [1.29, 1.82) is 0 Å². The number of hydrogen-bond acceptors (Lipinski definition) is 6. The summed E-state index contributed by atoms with van der Waals surface area (Å²) in [5.74, 6) is 0.877. The summed E-state index contributed by atoms with van der Waals surface area (Å²) in [5.41, 5.74) is 1.65. The normalized spacial score (nSPS) is 11.5. The molecule has 6 heteroatoms. The van der Waals surface area contributed by atoms with Gasteiger partial charge in [-0.1, -0.05) is 36.4 Å². The van der Waals surface area contributed by atoms with Gasteiger partial charge in [-0.2, -0.15) is 0 Å². The molecule has 0 aliphatic carbocycles. The Hall–Kier alpha value is -3.28. The fraction of sp³-hybridized carbons (Fsp3) is 0. The molecule has 2 aromatic carbocycles. The highest BCUT2D eigenvalue weighted by Gasteiger charge is 2.00. The van der Waals surface area contributed by atoms with E-state index in [-0.39, 0.29) is 0 Å². The van der Waals surface area contributed by atoms with E-state index in [0.29, 0.717) is 11.6 Å². The summed E-state index contributed by atoms with van der Waals surface area (Å²) >= 11 is 0. The molecule has 0 atom stereocenters. The van der Waals surface area contributed by atoms with Crippen molar-refractivity contribution < 1.29 is 0 Å². The van der Waals surface area contributed by atoms with Crippen molar-refractivity contribution in [1.82, 2.24) is 20.4 Å². The average molecular weight is 286 g/mol. The molecule has 2 heterocycles. The van der Waals surface area contributed by atoms with Crippen LogP contribution in [0.4, 0.5) is 11.6 Å². The van der Waals surface area contributed by atoms with Crippen LogP contribution in [0.5, 0.6) is 0 Å². The second-order valence-electron chi connectivity index (χ2n) is 4.72. The molecule has 4 aromatic rings. The van der Waals surface area contributed by atoms with Gasteiger partial charge >= 0.3 is 0 Å². The van der Waals surface area contributed by atoms with Crippen molar-refractivity contribution in [2.75, 3.05) is 0 Å². The van der Waals surface area contributed by atoms with Crippen molar-refractivity contribution in [3.05, 3.63) is 60.7 Å². The Morgan fingerprint density at radius 3 is 1.50 bits per heavy atom. The molecule has 0 aliphatic heterocycles. The molecular formula is C16H10N6. The molecule has 0 N–H and O–H groups in total. The standard InChI is InChI=1S/C16H10N6/c1-3-7-13-11(5-1)9-15(19-17-13)21-22-16-10-12-6-2-4-8-14(12)18-20-16/h1-10H. The molecule has 0 aliphatic rings. The maximum atomic E-state index is 4.10. The zero-order valence-corrected chi connectivity index (χ0v) is 11.5. The fourth-order valence-electron chi connectivity index (χ4n) is 2.15. The molecule has 0 radical (unpaired) electrons. The maximum Gasteiger partial charge on any atom is 0.197 e. The molecule has 0 saturated carbocycles. The minimum Gasteiger partial charge on any atom is -0.148 e. The Bertz CT molecular complexity index is 914. The van der Waals surface area contributed by atoms with Gasteiger partial charge in [0.2, 0.25) is 0 Å². The van der Waals surface area contributed by atoms with Crippen molar-refractivity contribution in [3.8, 4) is 0 Å². The van der Waals surface area contributed by atoms with Gasteiger partial charge < -0.3 is 0 Å². The van der Waals surface area contributed by atoms with E-state index >= 15 is 0 Å². The lowest BCUT2D eigenvalue weighted by Gasteiger charge is -1.97. The van der Waals surface area contributed by atoms with Gasteiger partial charge in [-0.15, -0.1) is 30.6 Å². The topological polar surface area (TPSA) is 76.3 Å². The number of nitrogens with zero attached hydrogens (tertiary/aromatic N) is 6. The lowest BCUT2D eigenvalue weighted by atomic mass is 10.2. The van der Waals surface area contributed by atoms with Crippen molar-refractivity contribution in [2.24, 2.45) is 10.2 Å². The van der Waals surface area contributed by atoms with Gasteiger partial charge in [0.15, 0.2) is 11.6 Å². The van der Waals surface area contributed by atoms with E-state index in [0.717, 1.165) is 21.8 Å². The fourth-order valence-corrected chi connectivity index (χ4v) is 2.15. The summed E-state index contributed by atoms with van der Waals surface area (Å²) in [4.78, 5) is 0. The Kier molecular flexibility index (Phi) is 2.97. The zero-order valence-electron chi connectivity index (χ0n) is 11.5. The number of azo groups is 1. The van der Waals surface area contributed by atoms with Crippen LogP contribution in [0.3, 0.4) is 0 Å². The molecule has 0 unspecified atom stereocenters. The van der Waals surface area contributed by atoms with Crippen LogP contribution in [-0.4, -0.2) is 20.4 Å². The molecule has 104 valence electrons. The first-order valence-electron chi connectivity index (χ1n) is 6.75. The predicted octanol–water partition coefficient (Wildman–Crippen LogP) is 3.99. The van der Waals surface area contributed by atoms with E-state index in [2.05, 4.69) is 30.6 Å². The van der Waals surface area contributed by atoms with Crippen LogP contribution in [0, 0.1) is 0 Å². The highest BCUT2D eigenvalue weighted by atomic mass is 15.3. The summed E-state index contributed by atoms with van der Waals surface area (Å²) < 4.78 is 0. The van der Waals surface area contributed by atoms with Crippen LogP contribution in [0.2, 0.25) is 0 Å². The average Bonchev–Trinajstić information content (AvgIpc) is 2.59. The van der Waals surface area contributed by atoms with E-state index < -0.39 is 0 Å². The predicted molar refractivity (Wildman–Crippen MR) is 83.3 cm³/mol. The highest BCUT2D eigenvalue weighted by molar-refractivity contribution is 5.80. The monoisotopic (exact) mass is 286 g/mol. The minimum atomic E-state index is 0.439. The van der Waals surface area contributed by atoms with Gasteiger partial charge in [-0.3, -0.25) is 0 Å². The first kappa shape index (κ1) is 12.5. The Labute approximate surface area is 125 Å². The third kappa shape index (κ3) is 2.37. The third-order valence-corrected chi connectivity index (χ3v) is 3.22. The van der Waals surface area contributed by atoms with E-state index in [1.165, 1.54) is 0 Å². The first-order valence-corrected chi connectivity index (χ1v) is 6.75. The highest BCUT2D eigenvalue weighted by Crippen LogP contribution is 2.20. The summed E-state index contributed by atoms with van der Waals surface area (Å²) in [6, 6.07) is 19.1. The van der Waals surface area contributed by atoms with E-state index in [1.54, 1.807) is 0 Å². The number of fused-ring (bicyclic) bond motifs is 2. The molecule has 0 amide bonds. The van der Waals surface area contributed by atoms with Gasteiger partial charge in [-0.05, 0) is 24.3 Å². The molecule has 4 rings (SSSR count). The first-order chi connectivity index (χ1) is 10.9. The number of benzene rings is 2. The lowest BCUT2D eigenvalue weighted by molar-refractivity contribution is 0.998. The van der Waals surface area contributed by atoms with Crippen LogP contribution >= 0.6 is 0 Å². The Morgan fingerprint density at radius 2 is 1.00 bits per heavy atom. The van der Waals surface area contributed by atoms with Gasteiger partial charge in [0.1, 0.15) is 0 Å². The minimum absolute atomic E-state index is 0.439. The Morgan fingerprint density at radius 1 is 0.545 bits per heavy atom. The summed E-state index contributed by atoms with van der Waals surface area (Å²) in [7, 11) is 0. The second-order valence-corrected chi connectivity index (χ2v) is 4.72. The quantitative estimate of drug-likeness (QED) is 0.522. The van der Waals surface area contributed by atoms with E-state index in [1.807, 2.05) is 60.7 Å². The van der Waals surface area contributed by atoms with Crippen molar-refractivity contribution in [3.63, 3.8) is 0 Å². The molecule has 0 fully saturated rings. The molecule has 2 aromatic heterocycles. The number of rotatable bonds is 2. The zero-order chi connectivity index (χ0) is 14.8. The molecule has 0 saturated heterocycles. The van der Waals surface area contributed by atoms with Crippen LogP contribution < -0.4 is 0 Å². The van der Waals surface area contributed by atoms with E-state index in [9.17, 15) is 0 Å². The van der Waals surface area contributed by atoms with Crippen LogP contribution in [0.25, 0.3) is 21.8 Å². The Balaban J connectivity index is 1.68. The summed E-state index contributed by atoms with van der Waals surface area (Å²) in [6.45, 7) is 0. The molecular weight excluding hydrogens is 276 g/mol. The third-order valence-electron chi connectivity index (χ3n) is 3.22. The van der Waals surface area contributed by atoms with E-state index in [4.69, 9.17) is 0 Å². The second kappa shape index (κ2) is 5.25. The van der Waals surface area contributed by atoms with Gasteiger partial charge in [-0.25, -0.2) is 0 Å². The van der Waals surface area contributed by atoms with Crippen molar-refractivity contribution >= 4 is 33.4 Å². The van der Waals surface area contributed by atoms with Crippen LogP contribution in [0.1, 0.15) is 0 Å². The number of hydrogen-bond donors (Lipinski definition) is 0. The van der Waals surface area contributed by atoms with Gasteiger partial charge in [0.05, 0.1) is 11.0 Å². The van der Waals surface area contributed by atoms with Crippen molar-refractivity contribution in [2.45, 2.75) is 0 Å². The molecule has 0 spiro atoms. The largest absolute Gasteiger partial charge is 0.197 e. The van der Waals surface area contributed by atoms with Gasteiger partial charge in [0.25, 0.3) is 0 Å². The SMILES string of the molecule is c1ccc2nnc(N=Nc3cc4ccccc4nn3)cc2c1. The molecule has 6 nitrogen and oxygen atoms in total. The smallest absolute Gasteiger partial charge is 0.148 e. The van der Waals surface area contributed by atoms with Crippen LogP contribution in [-0.2, 0) is 0 Å². The molecule has 0 bridgehead atoms. The summed E-state index contributed by atoms with van der Waals surface area (Å²) in [5, 5.41) is 26.4. The number of aromatic nitrogens is 4. The molecule has 22 heavy (non-hydrogen) atoms. The van der Waals surface area contributed by atoms with Gasteiger partial charge in [0, 0.05) is 10.8 Å². The maximum absolute atomic E-state index is 4.10.